The highest BCUT2D eigenvalue weighted by Crippen LogP contribution is 2.37. The number of amides is 2. The van der Waals surface area contributed by atoms with Crippen molar-refractivity contribution in [2.45, 2.75) is 17.8 Å². The molecule has 0 radical (unpaired) electrons. The second kappa shape index (κ2) is 7.40. The smallest absolute Gasteiger partial charge is 0.352 e. The van der Waals surface area contributed by atoms with Crippen LogP contribution in [-0.4, -0.2) is 61.0 Å². The third-order valence-corrected chi connectivity index (χ3v) is 5.91. The van der Waals surface area contributed by atoms with Crippen molar-refractivity contribution in [2.75, 3.05) is 11.5 Å². The zero-order chi connectivity index (χ0) is 19.7. The van der Waals surface area contributed by atoms with E-state index in [0.29, 0.717) is 10.6 Å². The fraction of sp³-hybridized carbons (Fsp3) is 0.267. The van der Waals surface area contributed by atoms with E-state index < -0.39 is 41.6 Å². The highest BCUT2D eigenvalue weighted by atomic mass is 32.2. The van der Waals surface area contributed by atoms with Crippen LogP contribution in [0.1, 0.15) is 11.3 Å². The van der Waals surface area contributed by atoms with Gasteiger partial charge in [0.1, 0.15) is 17.1 Å². The number of carboxylic acids is 2. The van der Waals surface area contributed by atoms with Crippen molar-refractivity contribution in [2.24, 2.45) is 0 Å². The standard InChI is InChI=1S/C15H14N4O6S2/c16-15-17-5-8(27-15)6(1-2-9(20)21)11(22)18-10-12(23)19-7(14(24)25)3-4-26-13(10)19/h1,3,5,10,13H,2,4H2,(H2,16,17)(H,18,22)(H,20,21)(H,24,25)/b6-1+/t10-,13-/m0/s1. The summed E-state index contributed by atoms with van der Waals surface area (Å²) >= 11 is 2.34. The molecule has 1 aromatic rings. The molecule has 1 aromatic heterocycles. The van der Waals surface area contributed by atoms with Gasteiger partial charge in [-0.15, -0.1) is 11.8 Å². The number of anilines is 1. The lowest BCUT2D eigenvalue weighted by Crippen LogP contribution is -2.70. The zero-order valence-corrected chi connectivity index (χ0v) is 15.2. The van der Waals surface area contributed by atoms with Gasteiger partial charge < -0.3 is 21.3 Å². The molecule has 3 rings (SSSR count). The monoisotopic (exact) mass is 410 g/mol. The van der Waals surface area contributed by atoms with Gasteiger partial charge in [0.05, 0.1) is 16.9 Å². The number of nitrogens with zero attached hydrogens (tertiary/aromatic N) is 2. The van der Waals surface area contributed by atoms with E-state index in [4.69, 9.17) is 15.9 Å². The minimum atomic E-state index is -1.21. The van der Waals surface area contributed by atoms with Crippen molar-refractivity contribution in [3.8, 4) is 0 Å². The maximum atomic E-state index is 12.7. The lowest BCUT2D eigenvalue weighted by Gasteiger charge is -2.48. The van der Waals surface area contributed by atoms with Crippen molar-refractivity contribution in [3.63, 3.8) is 0 Å². The first-order valence-corrected chi connectivity index (χ1v) is 9.48. The largest absolute Gasteiger partial charge is 0.481 e. The molecule has 0 saturated carbocycles. The number of hydrogen-bond acceptors (Lipinski definition) is 8. The van der Waals surface area contributed by atoms with Gasteiger partial charge in [-0.3, -0.25) is 19.3 Å². The number of thiazole rings is 1. The van der Waals surface area contributed by atoms with Crippen LogP contribution >= 0.6 is 23.1 Å². The van der Waals surface area contributed by atoms with Crippen molar-refractivity contribution < 1.29 is 29.4 Å². The van der Waals surface area contributed by atoms with E-state index in [0.717, 1.165) is 16.2 Å². The van der Waals surface area contributed by atoms with Crippen molar-refractivity contribution in [3.05, 3.63) is 28.9 Å². The number of nitrogens with two attached hydrogens (primary N) is 1. The summed E-state index contributed by atoms with van der Waals surface area (Å²) in [7, 11) is 0. The maximum absolute atomic E-state index is 12.7. The SMILES string of the molecule is Nc1ncc(/C(=C\CC(=O)O)C(=O)N[C@H]2C(=O)N3C(C(=O)O)=CCS[C@@H]23)s1. The van der Waals surface area contributed by atoms with Crippen molar-refractivity contribution in [1.29, 1.82) is 0 Å². The zero-order valence-electron chi connectivity index (χ0n) is 13.6. The Kier molecular flexibility index (Phi) is 5.19. The fourth-order valence-corrected chi connectivity index (χ4v) is 4.58. The molecule has 5 N–H and O–H groups in total. The van der Waals surface area contributed by atoms with Crippen LogP contribution in [-0.2, 0) is 19.2 Å². The van der Waals surface area contributed by atoms with Gasteiger partial charge >= 0.3 is 11.9 Å². The molecule has 0 aliphatic carbocycles. The fourth-order valence-electron chi connectivity index (χ4n) is 2.66. The average molecular weight is 410 g/mol. The Balaban J connectivity index is 1.78. The number of nitrogens with one attached hydrogen (secondary N) is 1. The second-order valence-electron chi connectivity index (χ2n) is 5.56. The number of β-lactam (4-membered cyclic amide) rings is 1. The third-order valence-electron chi connectivity index (χ3n) is 3.87. The van der Waals surface area contributed by atoms with E-state index in [1.165, 1.54) is 30.1 Å². The molecule has 0 unspecified atom stereocenters. The predicted molar refractivity (Wildman–Crippen MR) is 97.5 cm³/mol. The molecule has 2 aliphatic heterocycles. The molecule has 27 heavy (non-hydrogen) atoms. The molecule has 0 aromatic carbocycles. The van der Waals surface area contributed by atoms with Crippen molar-refractivity contribution >= 4 is 57.6 Å². The minimum absolute atomic E-state index is 0.0488. The Morgan fingerprint density at radius 1 is 1.41 bits per heavy atom. The summed E-state index contributed by atoms with van der Waals surface area (Å²) in [6.45, 7) is 0. The number of nitrogen functional groups attached to an aromatic ring is 1. The summed E-state index contributed by atoms with van der Waals surface area (Å²) < 4.78 is 0. The Morgan fingerprint density at radius 2 is 2.15 bits per heavy atom. The lowest BCUT2D eigenvalue weighted by atomic mass is 10.0. The number of hydrogen-bond donors (Lipinski definition) is 4. The van der Waals surface area contributed by atoms with Crippen LogP contribution in [0.4, 0.5) is 5.13 Å². The van der Waals surface area contributed by atoms with Gasteiger partial charge in [0.2, 0.25) is 0 Å². The predicted octanol–water partition coefficient (Wildman–Crippen LogP) is -0.0482. The summed E-state index contributed by atoms with van der Waals surface area (Å²) in [5.74, 6) is -3.11. The van der Waals surface area contributed by atoms with E-state index in [2.05, 4.69) is 10.3 Å². The van der Waals surface area contributed by atoms with Crippen LogP contribution in [0.15, 0.2) is 24.0 Å². The molecule has 2 atom stereocenters. The van der Waals surface area contributed by atoms with Crippen LogP contribution in [0.25, 0.3) is 5.57 Å². The molecule has 0 spiro atoms. The first kappa shape index (κ1) is 18.9. The molecular weight excluding hydrogens is 396 g/mol. The van der Waals surface area contributed by atoms with Crippen LogP contribution in [0.5, 0.6) is 0 Å². The normalized spacial score (nSPS) is 21.8. The molecular formula is C15H14N4O6S2. The van der Waals surface area contributed by atoms with Gasteiger partial charge in [-0.05, 0) is 6.08 Å². The minimum Gasteiger partial charge on any atom is -0.481 e. The Bertz CT molecular complexity index is 893. The number of carbonyl (C=O) groups is 4. The summed E-state index contributed by atoms with van der Waals surface area (Å²) in [4.78, 5) is 52.4. The molecule has 2 amide bonds. The van der Waals surface area contributed by atoms with Gasteiger partial charge in [-0.2, -0.15) is 0 Å². The number of thioether (sulfide) groups is 1. The van der Waals surface area contributed by atoms with E-state index in [1.54, 1.807) is 0 Å². The van der Waals surface area contributed by atoms with E-state index in [1.807, 2.05) is 0 Å². The van der Waals surface area contributed by atoms with Crippen LogP contribution < -0.4 is 11.1 Å². The van der Waals surface area contributed by atoms with Gasteiger partial charge in [0.15, 0.2) is 5.13 Å². The van der Waals surface area contributed by atoms with E-state index in [9.17, 15) is 19.2 Å². The highest BCUT2D eigenvalue weighted by molar-refractivity contribution is 8.00. The summed E-state index contributed by atoms with van der Waals surface area (Å²) in [5, 5.41) is 20.3. The first-order valence-electron chi connectivity index (χ1n) is 7.62. The van der Waals surface area contributed by atoms with E-state index in [-0.39, 0.29) is 16.4 Å². The molecule has 1 fully saturated rings. The number of fused-ring (bicyclic) bond motifs is 1. The topological polar surface area (TPSA) is 163 Å². The first-order chi connectivity index (χ1) is 12.8. The second-order valence-corrected chi connectivity index (χ2v) is 7.77. The Hall–Kier alpha value is -2.86. The van der Waals surface area contributed by atoms with Gasteiger partial charge in [0.25, 0.3) is 11.8 Å². The van der Waals surface area contributed by atoms with Crippen LogP contribution in [0.2, 0.25) is 0 Å². The summed E-state index contributed by atoms with van der Waals surface area (Å²) in [6, 6.07) is -0.899. The molecule has 1 saturated heterocycles. The maximum Gasteiger partial charge on any atom is 0.352 e. The van der Waals surface area contributed by atoms with Crippen LogP contribution in [0.3, 0.4) is 0 Å². The molecule has 3 heterocycles. The number of carboxylic acid groups (broad SMARTS) is 2. The Labute approximate surface area is 160 Å². The molecule has 0 bridgehead atoms. The van der Waals surface area contributed by atoms with Gasteiger partial charge in [0, 0.05) is 11.9 Å². The number of carbonyl (C=O) groups excluding carboxylic acids is 2. The Morgan fingerprint density at radius 3 is 2.74 bits per heavy atom. The lowest BCUT2D eigenvalue weighted by molar-refractivity contribution is -0.150. The van der Waals surface area contributed by atoms with Crippen molar-refractivity contribution in [1.82, 2.24) is 15.2 Å². The third kappa shape index (κ3) is 3.66. The van der Waals surface area contributed by atoms with Crippen LogP contribution in [0, 0.1) is 0 Å². The summed E-state index contributed by atoms with van der Waals surface area (Å²) in [6.07, 6.45) is 3.62. The molecule has 2 aliphatic rings. The molecule has 12 heteroatoms. The molecule has 142 valence electrons. The number of aliphatic carboxylic acids is 2. The number of aromatic nitrogens is 1. The average Bonchev–Trinajstić information content (AvgIpc) is 3.04. The highest BCUT2D eigenvalue weighted by Gasteiger charge is 2.52. The quantitative estimate of drug-likeness (QED) is 0.372. The van der Waals surface area contributed by atoms with E-state index >= 15 is 0 Å². The summed E-state index contributed by atoms with van der Waals surface area (Å²) in [5.41, 5.74) is 5.51. The van der Waals surface area contributed by atoms with Gasteiger partial charge in [-0.1, -0.05) is 17.4 Å². The molecule has 10 nitrogen and oxygen atoms in total. The van der Waals surface area contributed by atoms with Gasteiger partial charge in [-0.25, -0.2) is 9.78 Å². The number of rotatable bonds is 6.